The van der Waals surface area contributed by atoms with E-state index in [2.05, 4.69) is 40.4 Å². The fraction of sp³-hybridized carbons (Fsp3) is 0.864. The third-order valence-corrected chi connectivity index (χ3v) is 10.3. The molecule has 1 aliphatic heterocycles. The lowest BCUT2D eigenvalue weighted by molar-refractivity contribution is -0.0632. The zero-order valence-electron chi connectivity index (χ0n) is 19.8. The van der Waals surface area contributed by atoms with Crippen LogP contribution in [-0.4, -0.2) is 49.9 Å². The summed E-state index contributed by atoms with van der Waals surface area (Å²) in [6, 6.07) is -0.0298. The monoisotopic (exact) mass is 413 g/mol. The summed E-state index contributed by atoms with van der Waals surface area (Å²) in [5.41, 5.74) is -1.21. The highest BCUT2D eigenvalue weighted by Gasteiger charge is 2.46. The number of nitrogens with zero attached hydrogens (tertiary/aromatic N) is 1. The average molecular weight is 414 g/mol. The molecule has 1 amide bonds. The van der Waals surface area contributed by atoms with Gasteiger partial charge in [-0.25, -0.2) is 4.79 Å². The number of hydrogen-bond acceptors (Lipinski definition) is 4. The van der Waals surface area contributed by atoms with Gasteiger partial charge in [-0.05, 0) is 71.5 Å². The Hall–Kier alpha value is -0.853. The van der Waals surface area contributed by atoms with E-state index in [0.717, 1.165) is 12.8 Å². The molecular weight excluding hydrogens is 370 g/mol. The summed E-state index contributed by atoms with van der Waals surface area (Å²) < 4.78 is 18.1. The zero-order valence-corrected chi connectivity index (χ0v) is 20.8. The lowest BCUT2D eigenvalue weighted by atomic mass is 9.97. The van der Waals surface area contributed by atoms with Gasteiger partial charge in [-0.15, -0.1) is 6.58 Å². The van der Waals surface area contributed by atoms with Crippen molar-refractivity contribution < 1.29 is 18.7 Å². The van der Waals surface area contributed by atoms with E-state index in [9.17, 15) is 4.79 Å². The fourth-order valence-corrected chi connectivity index (χ4v) is 4.22. The topological polar surface area (TPSA) is 48.0 Å². The van der Waals surface area contributed by atoms with Crippen LogP contribution in [0.5, 0.6) is 0 Å². The summed E-state index contributed by atoms with van der Waals surface area (Å²) in [6.45, 7) is 25.9. The van der Waals surface area contributed by atoms with E-state index in [1.54, 1.807) is 4.90 Å². The Morgan fingerprint density at radius 2 is 1.86 bits per heavy atom. The molecule has 0 aromatic carbocycles. The number of carbonyl (C=O) groups is 1. The van der Waals surface area contributed by atoms with Gasteiger partial charge in [-0.2, -0.15) is 0 Å². The van der Waals surface area contributed by atoms with Crippen LogP contribution in [0.25, 0.3) is 0 Å². The molecule has 0 saturated carbocycles. The molecule has 164 valence electrons. The Labute approximate surface area is 173 Å². The molecule has 1 unspecified atom stereocenters. The standard InChI is InChI=1S/C22H43NO4Si/c1-12-13-17(15-26-28(10,11)21(5,6)7)14-18-16-25-22(8,9)23(18)19(24)27-20(2,3)4/h12,17-18H,1,13-16H2,2-11H3/t17?,18-/m0/s1. The maximum Gasteiger partial charge on any atom is 0.412 e. The van der Waals surface area contributed by atoms with E-state index in [1.807, 2.05) is 40.7 Å². The van der Waals surface area contributed by atoms with E-state index in [1.165, 1.54) is 0 Å². The molecule has 0 bridgehead atoms. The lowest BCUT2D eigenvalue weighted by Crippen LogP contribution is -2.50. The summed E-state index contributed by atoms with van der Waals surface area (Å²) in [5, 5.41) is 0.173. The van der Waals surface area contributed by atoms with Crippen LogP contribution in [0.4, 0.5) is 4.79 Å². The number of carbonyl (C=O) groups excluding carboxylic acids is 1. The predicted molar refractivity (Wildman–Crippen MR) is 118 cm³/mol. The van der Waals surface area contributed by atoms with E-state index in [4.69, 9.17) is 13.9 Å². The van der Waals surface area contributed by atoms with Crippen molar-refractivity contribution >= 4 is 14.4 Å². The van der Waals surface area contributed by atoms with Crippen LogP contribution < -0.4 is 0 Å². The Morgan fingerprint density at radius 1 is 1.29 bits per heavy atom. The summed E-state index contributed by atoms with van der Waals surface area (Å²) in [6.07, 6.45) is 3.29. The predicted octanol–water partition coefficient (Wildman–Crippen LogP) is 5.96. The van der Waals surface area contributed by atoms with Crippen molar-refractivity contribution in [2.75, 3.05) is 13.2 Å². The normalized spacial score (nSPS) is 21.5. The Balaban J connectivity index is 2.89. The molecule has 0 aromatic heterocycles. The number of ether oxygens (including phenoxy) is 2. The zero-order chi connectivity index (χ0) is 22.0. The maximum atomic E-state index is 12.9. The Kier molecular flexibility index (Phi) is 7.99. The summed E-state index contributed by atoms with van der Waals surface area (Å²) in [5.74, 6) is 0.291. The van der Waals surface area contributed by atoms with Crippen molar-refractivity contribution in [2.45, 2.75) is 104 Å². The Morgan fingerprint density at radius 3 is 2.32 bits per heavy atom. The van der Waals surface area contributed by atoms with Crippen molar-refractivity contribution in [3.63, 3.8) is 0 Å². The average Bonchev–Trinajstić information content (AvgIpc) is 2.77. The number of allylic oxidation sites excluding steroid dienone is 1. The fourth-order valence-electron chi connectivity index (χ4n) is 3.13. The van der Waals surface area contributed by atoms with Crippen LogP contribution in [0.2, 0.25) is 18.1 Å². The van der Waals surface area contributed by atoms with Gasteiger partial charge < -0.3 is 13.9 Å². The molecule has 0 radical (unpaired) electrons. The van der Waals surface area contributed by atoms with Gasteiger partial charge in [0.25, 0.3) is 0 Å². The molecule has 1 saturated heterocycles. The maximum absolute atomic E-state index is 12.9. The molecule has 28 heavy (non-hydrogen) atoms. The van der Waals surface area contributed by atoms with Crippen LogP contribution >= 0.6 is 0 Å². The molecule has 1 rings (SSSR count). The summed E-state index contributed by atoms with van der Waals surface area (Å²) >= 11 is 0. The first-order valence-corrected chi connectivity index (χ1v) is 13.3. The second-order valence-corrected chi connectivity index (χ2v) is 15.8. The smallest absolute Gasteiger partial charge is 0.412 e. The third-order valence-electron chi connectivity index (χ3n) is 5.76. The van der Waals surface area contributed by atoms with Crippen molar-refractivity contribution in [3.05, 3.63) is 12.7 Å². The molecule has 1 heterocycles. The van der Waals surface area contributed by atoms with Gasteiger partial charge in [-0.1, -0.05) is 26.8 Å². The van der Waals surface area contributed by atoms with E-state index in [-0.39, 0.29) is 17.2 Å². The van der Waals surface area contributed by atoms with Crippen LogP contribution in [0, 0.1) is 5.92 Å². The first-order valence-electron chi connectivity index (χ1n) is 10.4. The van der Waals surface area contributed by atoms with Gasteiger partial charge in [0.05, 0.1) is 12.6 Å². The van der Waals surface area contributed by atoms with Gasteiger partial charge in [0.2, 0.25) is 0 Å². The molecule has 6 heteroatoms. The number of amides is 1. The van der Waals surface area contributed by atoms with Gasteiger partial charge >= 0.3 is 6.09 Å². The van der Waals surface area contributed by atoms with Crippen molar-refractivity contribution in [1.82, 2.24) is 4.90 Å². The highest BCUT2D eigenvalue weighted by atomic mass is 28.4. The van der Waals surface area contributed by atoms with Gasteiger partial charge in [0.15, 0.2) is 8.32 Å². The molecular formula is C22H43NO4Si. The lowest BCUT2D eigenvalue weighted by Gasteiger charge is -2.38. The van der Waals surface area contributed by atoms with Crippen LogP contribution in [0.15, 0.2) is 12.7 Å². The molecule has 0 aromatic rings. The molecule has 1 fully saturated rings. The number of rotatable bonds is 7. The van der Waals surface area contributed by atoms with Gasteiger partial charge in [0.1, 0.15) is 11.3 Å². The van der Waals surface area contributed by atoms with E-state index < -0.39 is 19.6 Å². The first kappa shape index (κ1) is 25.2. The SMILES string of the molecule is C=CCC(CO[Si](C)(C)C(C)(C)C)C[C@H]1COC(C)(C)N1C(=O)OC(C)(C)C. The van der Waals surface area contributed by atoms with Crippen LogP contribution in [0.1, 0.15) is 68.2 Å². The molecule has 0 spiro atoms. The first-order chi connectivity index (χ1) is 12.5. The van der Waals surface area contributed by atoms with Gasteiger partial charge in [-0.3, -0.25) is 4.90 Å². The van der Waals surface area contributed by atoms with Crippen LogP contribution in [-0.2, 0) is 13.9 Å². The summed E-state index contributed by atoms with van der Waals surface area (Å²) in [4.78, 5) is 14.6. The minimum absolute atomic E-state index is 0.0298. The molecule has 0 N–H and O–H groups in total. The minimum atomic E-state index is -1.82. The molecule has 1 aliphatic rings. The van der Waals surface area contributed by atoms with Crippen molar-refractivity contribution in [1.29, 1.82) is 0 Å². The molecule has 0 aliphatic carbocycles. The second kappa shape index (κ2) is 8.88. The minimum Gasteiger partial charge on any atom is -0.444 e. The van der Waals surface area contributed by atoms with Gasteiger partial charge in [0, 0.05) is 6.61 Å². The van der Waals surface area contributed by atoms with Crippen LogP contribution in [0.3, 0.4) is 0 Å². The summed E-state index contributed by atoms with van der Waals surface area (Å²) in [7, 11) is -1.82. The second-order valence-electron chi connectivity index (χ2n) is 11.0. The van der Waals surface area contributed by atoms with Crippen molar-refractivity contribution in [2.24, 2.45) is 5.92 Å². The van der Waals surface area contributed by atoms with E-state index in [0.29, 0.717) is 19.1 Å². The van der Waals surface area contributed by atoms with Crippen molar-refractivity contribution in [3.8, 4) is 0 Å². The molecule has 5 nitrogen and oxygen atoms in total. The Bertz CT molecular complexity index is 546. The van der Waals surface area contributed by atoms with E-state index >= 15 is 0 Å². The largest absolute Gasteiger partial charge is 0.444 e. The highest BCUT2D eigenvalue weighted by Crippen LogP contribution is 2.38. The highest BCUT2D eigenvalue weighted by molar-refractivity contribution is 6.74. The quantitative estimate of drug-likeness (QED) is 0.381. The molecule has 2 atom stereocenters. The third kappa shape index (κ3) is 6.89. The number of hydrogen-bond donors (Lipinski definition) is 0.